The van der Waals surface area contributed by atoms with E-state index in [4.69, 9.17) is 18.0 Å². The number of carbonyl (C=O) groups is 3. The van der Waals surface area contributed by atoms with E-state index in [-0.39, 0.29) is 6.42 Å². The third-order valence-electron chi connectivity index (χ3n) is 1.94. The number of hydrogen-bond acceptors (Lipinski definition) is 7. The Morgan fingerprint density at radius 3 is 1.89 bits per heavy atom. The topological polar surface area (TPSA) is 88.1 Å². The van der Waals surface area contributed by atoms with Gasteiger partial charge in [0.25, 0.3) is 17.9 Å². The lowest BCUT2D eigenvalue weighted by Gasteiger charge is -2.23. The molecular formula is C11H20O7Si. The highest BCUT2D eigenvalue weighted by Crippen LogP contribution is 2.12. The van der Waals surface area contributed by atoms with Gasteiger partial charge in [0.1, 0.15) is 0 Å². The van der Waals surface area contributed by atoms with Crippen molar-refractivity contribution in [2.75, 3.05) is 13.7 Å². The Kier molecular flexibility index (Phi) is 8.00. The van der Waals surface area contributed by atoms with Gasteiger partial charge in [0.15, 0.2) is 0 Å². The molecule has 0 saturated carbocycles. The summed E-state index contributed by atoms with van der Waals surface area (Å²) in [6.07, 6.45) is 1.44. The number of methoxy groups -OCH3 is 1. The van der Waals surface area contributed by atoms with Gasteiger partial charge in [-0.15, -0.1) is 0 Å². The Morgan fingerprint density at radius 2 is 1.47 bits per heavy atom. The summed E-state index contributed by atoms with van der Waals surface area (Å²) >= 11 is 0. The maximum Gasteiger partial charge on any atom is 0.701 e. The molecule has 0 saturated heterocycles. The van der Waals surface area contributed by atoms with Gasteiger partial charge in [-0.2, -0.15) is 0 Å². The van der Waals surface area contributed by atoms with Crippen molar-refractivity contribution in [3.63, 3.8) is 0 Å². The van der Waals surface area contributed by atoms with Gasteiger partial charge in [-0.25, -0.2) is 0 Å². The second-order valence-corrected chi connectivity index (χ2v) is 6.31. The van der Waals surface area contributed by atoms with Gasteiger partial charge >= 0.3 is 8.80 Å². The Bertz CT molecular complexity index is 313. The molecule has 0 aliphatic carbocycles. The Hall–Kier alpha value is -1.41. The third kappa shape index (κ3) is 9.20. The number of ether oxygens (including phenoxy) is 1. The van der Waals surface area contributed by atoms with Crippen molar-refractivity contribution in [1.82, 2.24) is 0 Å². The predicted molar refractivity (Wildman–Crippen MR) is 67.0 cm³/mol. The minimum Gasteiger partial charge on any atom is -0.455 e. The zero-order valence-corrected chi connectivity index (χ0v) is 12.7. The molecule has 19 heavy (non-hydrogen) atoms. The average Bonchev–Trinajstić information content (AvgIpc) is 2.21. The minimum absolute atomic E-state index is 0.147. The molecule has 0 aromatic heterocycles. The highest BCUT2D eigenvalue weighted by atomic mass is 28.4. The number of carbonyl (C=O) groups excluding carboxylic acids is 3. The van der Waals surface area contributed by atoms with Crippen LogP contribution in [0.3, 0.4) is 0 Å². The summed E-state index contributed by atoms with van der Waals surface area (Å²) in [4.78, 5) is 33.4. The molecule has 0 fully saturated rings. The SMILES string of the molecule is COCCCCC(=O)O[Si](C)(OC(C)=O)OC(C)=O. The normalized spacial score (nSPS) is 10.7. The monoisotopic (exact) mass is 292 g/mol. The molecule has 0 heterocycles. The molecule has 0 atom stereocenters. The Morgan fingerprint density at radius 1 is 0.947 bits per heavy atom. The van der Waals surface area contributed by atoms with Crippen molar-refractivity contribution < 1.29 is 32.4 Å². The van der Waals surface area contributed by atoms with Crippen LogP contribution in [0.5, 0.6) is 0 Å². The van der Waals surface area contributed by atoms with Crippen LogP contribution in [-0.2, 0) is 32.4 Å². The molecule has 0 spiro atoms. The van der Waals surface area contributed by atoms with Crippen molar-refractivity contribution in [3.05, 3.63) is 0 Å². The van der Waals surface area contributed by atoms with Crippen LogP contribution < -0.4 is 0 Å². The van der Waals surface area contributed by atoms with Crippen LogP contribution in [0.15, 0.2) is 0 Å². The van der Waals surface area contributed by atoms with Crippen LogP contribution in [-0.4, -0.2) is 40.4 Å². The molecule has 0 aromatic rings. The molecule has 0 N–H and O–H groups in total. The molecule has 0 unspecified atom stereocenters. The van der Waals surface area contributed by atoms with Crippen molar-refractivity contribution >= 4 is 26.7 Å². The van der Waals surface area contributed by atoms with Crippen LogP contribution in [0.25, 0.3) is 0 Å². The Labute approximate surface area is 113 Å². The smallest absolute Gasteiger partial charge is 0.455 e. The number of rotatable bonds is 8. The Balaban J connectivity index is 4.34. The molecule has 7 nitrogen and oxygen atoms in total. The fourth-order valence-corrected chi connectivity index (χ4v) is 3.04. The lowest BCUT2D eigenvalue weighted by atomic mass is 10.2. The summed E-state index contributed by atoms with van der Waals surface area (Å²) in [5.41, 5.74) is 0. The van der Waals surface area contributed by atoms with E-state index >= 15 is 0 Å². The van der Waals surface area contributed by atoms with Crippen molar-refractivity contribution in [2.45, 2.75) is 39.7 Å². The second kappa shape index (κ2) is 8.65. The zero-order valence-electron chi connectivity index (χ0n) is 11.7. The average molecular weight is 292 g/mol. The first-order valence-corrected chi connectivity index (χ1v) is 8.11. The van der Waals surface area contributed by atoms with E-state index in [1.807, 2.05) is 0 Å². The van der Waals surface area contributed by atoms with Gasteiger partial charge in [0.05, 0.1) is 0 Å². The lowest BCUT2D eigenvalue weighted by Crippen LogP contribution is -2.46. The van der Waals surface area contributed by atoms with Gasteiger partial charge in [0.2, 0.25) is 0 Å². The van der Waals surface area contributed by atoms with Gasteiger partial charge in [-0.3, -0.25) is 14.4 Å². The summed E-state index contributed by atoms with van der Waals surface area (Å²) in [5.74, 6) is -1.89. The quantitative estimate of drug-likeness (QED) is 0.488. The summed E-state index contributed by atoms with van der Waals surface area (Å²) in [7, 11) is -2.01. The molecular weight excluding hydrogens is 272 g/mol. The molecule has 0 radical (unpaired) electrons. The molecule has 0 aliphatic heterocycles. The van der Waals surface area contributed by atoms with Crippen molar-refractivity contribution in [2.24, 2.45) is 0 Å². The number of hydrogen-bond donors (Lipinski definition) is 0. The zero-order chi connectivity index (χ0) is 14.9. The van der Waals surface area contributed by atoms with Crippen molar-refractivity contribution in [3.8, 4) is 0 Å². The molecule has 0 aliphatic rings. The van der Waals surface area contributed by atoms with Crippen LogP contribution in [0.1, 0.15) is 33.1 Å². The molecule has 0 aromatic carbocycles. The lowest BCUT2D eigenvalue weighted by molar-refractivity contribution is -0.148. The number of unbranched alkanes of at least 4 members (excludes halogenated alkanes) is 1. The first-order chi connectivity index (χ1) is 8.79. The summed E-state index contributed by atoms with van der Waals surface area (Å²) < 4.78 is 19.5. The van der Waals surface area contributed by atoms with E-state index in [0.29, 0.717) is 19.4 Å². The van der Waals surface area contributed by atoms with Crippen LogP contribution in [0, 0.1) is 0 Å². The predicted octanol–water partition coefficient (Wildman–Crippen LogP) is 1.04. The first-order valence-electron chi connectivity index (χ1n) is 5.89. The van der Waals surface area contributed by atoms with E-state index in [2.05, 4.69) is 0 Å². The van der Waals surface area contributed by atoms with Gasteiger partial charge < -0.3 is 18.0 Å². The maximum absolute atomic E-state index is 11.6. The summed E-state index contributed by atoms with van der Waals surface area (Å²) in [5, 5.41) is 0. The third-order valence-corrected chi connectivity index (χ3v) is 3.85. The van der Waals surface area contributed by atoms with Crippen LogP contribution in [0.2, 0.25) is 6.55 Å². The van der Waals surface area contributed by atoms with E-state index < -0.39 is 26.7 Å². The van der Waals surface area contributed by atoms with Crippen LogP contribution >= 0.6 is 0 Å². The molecule has 8 heteroatoms. The van der Waals surface area contributed by atoms with E-state index in [1.54, 1.807) is 7.11 Å². The highest BCUT2D eigenvalue weighted by molar-refractivity contribution is 6.64. The van der Waals surface area contributed by atoms with Gasteiger partial charge in [-0.05, 0) is 12.8 Å². The molecule has 0 amide bonds. The second-order valence-electron chi connectivity index (χ2n) is 3.97. The molecule has 110 valence electrons. The van der Waals surface area contributed by atoms with E-state index in [0.717, 1.165) is 13.8 Å². The maximum atomic E-state index is 11.6. The standard InChI is InChI=1S/C11H20O7Si/c1-9(12)16-19(4,17-10(2)13)18-11(14)7-5-6-8-15-3/h5-8H2,1-4H3. The molecule has 0 bridgehead atoms. The minimum atomic E-state index is -3.59. The summed E-state index contributed by atoms with van der Waals surface area (Å²) in [6, 6.07) is 0. The van der Waals surface area contributed by atoms with E-state index in [1.165, 1.54) is 6.55 Å². The molecule has 0 rings (SSSR count). The van der Waals surface area contributed by atoms with Gasteiger partial charge in [0, 0.05) is 40.5 Å². The summed E-state index contributed by atoms with van der Waals surface area (Å²) in [6.45, 7) is 4.18. The highest BCUT2D eigenvalue weighted by Gasteiger charge is 2.46. The van der Waals surface area contributed by atoms with E-state index in [9.17, 15) is 14.4 Å². The first kappa shape index (κ1) is 17.6. The van der Waals surface area contributed by atoms with Gasteiger partial charge in [-0.1, -0.05) is 0 Å². The van der Waals surface area contributed by atoms with Crippen LogP contribution in [0.4, 0.5) is 0 Å². The fraction of sp³-hybridized carbons (Fsp3) is 0.727. The fourth-order valence-electron chi connectivity index (χ4n) is 1.36. The largest absolute Gasteiger partial charge is 0.701 e. The van der Waals surface area contributed by atoms with Crippen molar-refractivity contribution in [1.29, 1.82) is 0 Å².